The molecule has 196 valence electrons. The molecule has 10 heteroatoms. The summed E-state index contributed by atoms with van der Waals surface area (Å²) in [7, 11) is 0. The van der Waals surface area contributed by atoms with Crippen molar-refractivity contribution in [2.45, 2.75) is 52.6 Å². The van der Waals surface area contributed by atoms with Crippen LogP contribution in [-0.2, 0) is 13.1 Å². The smallest absolute Gasteiger partial charge is 0.287 e. The molecule has 0 aliphatic heterocycles. The lowest BCUT2D eigenvalue weighted by Gasteiger charge is -2.08. The molecular formula is C26H38N6O2S2. The first-order valence-electron chi connectivity index (χ1n) is 12.1. The lowest BCUT2D eigenvalue weighted by Crippen LogP contribution is -2.26. The summed E-state index contributed by atoms with van der Waals surface area (Å²) in [4.78, 5) is 22.9. The van der Waals surface area contributed by atoms with Crippen LogP contribution in [0.3, 0.4) is 0 Å². The van der Waals surface area contributed by atoms with E-state index in [4.69, 9.17) is 10.8 Å². The van der Waals surface area contributed by atoms with Gasteiger partial charge in [0.15, 0.2) is 10.3 Å². The molecule has 0 aromatic heterocycles. The molecule has 0 saturated heterocycles. The van der Waals surface area contributed by atoms with E-state index in [2.05, 4.69) is 35.1 Å². The Labute approximate surface area is 223 Å². The molecule has 0 bridgehead atoms. The van der Waals surface area contributed by atoms with Crippen molar-refractivity contribution >= 4 is 44.3 Å². The van der Waals surface area contributed by atoms with Crippen LogP contribution in [0.1, 0.15) is 50.7 Å². The van der Waals surface area contributed by atoms with Gasteiger partial charge >= 0.3 is 0 Å². The largest absolute Gasteiger partial charge is 0.365 e. The van der Waals surface area contributed by atoms with Crippen LogP contribution in [0.15, 0.2) is 60.7 Å². The van der Waals surface area contributed by atoms with E-state index in [1.54, 1.807) is 0 Å². The van der Waals surface area contributed by atoms with Crippen LogP contribution in [0.5, 0.6) is 0 Å². The Morgan fingerprint density at radius 3 is 1.56 bits per heavy atom. The van der Waals surface area contributed by atoms with E-state index in [9.17, 15) is 9.59 Å². The number of thioether (sulfide) groups is 2. The molecule has 2 aromatic carbocycles. The van der Waals surface area contributed by atoms with Crippen LogP contribution < -0.4 is 21.3 Å². The average molecular weight is 531 g/mol. The van der Waals surface area contributed by atoms with E-state index in [0.717, 1.165) is 66.9 Å². The minimum atomic E-state index is -0.232. The molecule has 0 heterocycles. The Morgan fingerprint density at radius 1 is 0.639 bits per heavy atom. The van der Waals surface area contributed by atoms with Gasteiger partial charge in [-0.2, -0.15) is 0 Å². The SMILES string of the molecule is CCCCNC(=N)SC(=O)NCCCC.N=C(NCc1ccccc1)SC(=O)NCc1ccccc1. The van der Waals surface area contributed by atoms with Gasteiger partial charge in [-0.15, -0.1) is 0 Å². The highest BCUT2D eigenvalue weighted by molar-refractivity contribution is 8.26. The van der Waals surface area contributed by atoms with Crippen LogP contribution in [0, 0.1) is 10.8 Å². The highest BCUT2D eigenvalue weighted by atomic mass is 32.2. The van der Waals surface area contributed by atoms with Gasteiger partial charge in [-0.1, -0.05) is 87.4 Å². The summed E-state index contributed by atoms with van der Waals surface area (Å²) in [6, 6.07) is 19.5. The average Bonchev–Trinajstić information content (AvgIpc) is 2.88. The van der Waals surface area contributed by atoms with Crippen molar-refractivity contribution in [3.63, 3.8) is 0 Å². The van der Waals surface area contributed by atoms with Crippen molar-refractivity contribution in [2.75, 3.05) is 13.1 Å². The molecule has 2 aromatic rings. The quantitative estimate of drug-likeness (QED) is 0.129. The van der Waals surface area contributed by atoms with Crippen molar-refractivity contribution in [3.05, 3.63) is 71.8 Å². The second-order valence-corrected chi connectivity index (χ2v) is 9.64. The summed E-state index contributed by atoms with van der Waals surface area (Å²) >= 11 is 1.78. The Balaban J connectivity index is 0.000000384. The predicted octanol–water partition coefficient (Wildman–Crippen LogP) is 5.91. The molecule has 0 spiro atoms. The van der Waals surface area contributed by atoms with Crippen molar-refractivity contribution < 1.29 is 9.59 Å². The van der Waals surface area contributed by atoms with Gasteiger partial charge in [-0.25, -0.2) is 0 Å². The van der Waals surface area contributed by atoms with E-state index >= 15 is 0 Å². The number of benzene rings is 2. The van der Waals surface area contributed by atoms with E-state index in [1.165, 1.54) is 0 Å². The van der Waals surface area contributed by atoms with Gasteiger partial charge in [0.25, 0.3) is 10.5 Å². The van der Waals surface area contributed by atoms with Gasteiger partial charge in [0.2, 0.25) is 0 Å². The second kappa shape index (κ2) is 20.2. The predicted molar refractivity (Wildman–Crippen MR) is 154 cm³/mol. The Morgan fingerprint density at radius 2 is 1.06 bits per heavy atom. The number of carbonyl (C=O) groups is 2. The van der Waals surface area contributed by atoms with Gasteiger partial charge in [-0.3, -0.25) is 20.4 Å². The summed E-state index contributed by atoms with van der Waals surface area (Å²) in [6.07, 6.45) is 4.17. The van der Waals surface area contributed by atoms with E-state index in [1.807, 2.05) is 60.7 Å². The van der Waals surface area contributed by atoms with Crippen molar-refractivity contribution in [1.29, 1.82) is 10.8 Å². The molecule has 0 radical (unpaired) electrons. The molecule has 0 saturated carbocycles. The molecule has 36 heavy (non-hydrogen) atoms. The maximum absolute atomic E-state index is 11.7. The maximum atomic E-state index is 11.7. The fourth-order valence-electron chi connectivity index (χ4n) is 2.62. The summed E-state index contributed by atoms with van der Waals surface area (Å²) in [5.74, 6) is 0. The molecule has 0 atom stereocenters. The number of hydrogen-bond acceptors (Lipinski definition) is 6. The molecule has 8 nitrogen and oxygen atoms in total. The number of nitrogens with one attached hydrogen (secondary N) is 6. The third-order valence-electron chi connectivity index (χ3n) is 4.58. The number of amidine groups is 2. The van der Waals surface area contributed by atoms with Gasteiger partial charge in [0, 0.05) is 49.7 Å². The zero-order valence-corrected chi connectivity index (χ0v) is 22.7. The Bertz CT molecular complexity index is 840. The van der Waals surface area contributed by atoms with Crippen molar-refractivity contribution in [1.82, 2.24) is 21.3 Å². The second-order valence-electron chi connectivity index (χ2n) is 7.68. The maximum Gasteiger partial charge on any atom is 0.287 e. The minimum absolute atomic E-state index is 0.141. The third-order valence-corrected chi connectivity index (χ3v) is 5.94. The van der Waals surface area contributed by atoms with Crippen LogP contribution in [0.2, 0.25) is 0 Å². The van der Waals surface area contributed by atoms with Gasteiger partial charge < -0.3 is 21.3 Å². The first-order chi connectivity index (χ1) is 17.4. The molecular weight excluding hydrogens is 492 g/mol. The van der Waals surface area contributed by atoms with Crippen molar-refractivity contribution in [3.8, 4) is 0 Å². The highest BCUT2D eigenvalue weighted by Crippen LogP contribution is 2.06. The fourth-order valence-corrected chi connectivity index (χ4v) is 3.63. The van der Waals surface area contributed by atoms with Gasteiger partial charge in [-0.05, 0) is 24.0 Å². The summed E-state index contributed by atoms with van der Waals surface area (Å²) in [5, 5.41) is 26.5. The van der Waals surface area contributed by atoms with E-state index in [-0.39, 0.29) is 20.8 Å². The Kier molecular flexibility index (Phi) is 17.5. The summed E-state index contributed by atoms with van der Waals surface area (Å²) < 4.78 is 0. The fraction of sp³-hybridized carbons (Fsp3) is 0.385. The summed E-state index contributed by atoms with van der Waals surface area (Å²) in [6.45, 7) is 6.65. The lowest BCUT2D eigenvalue weighted by molar-refractivity contribution is 0.260. The number of hydrogen-bond donors (Lipinski definition) is 6. The first-order valence-corrected chi connectivity index (χ1v) is 13.7. The number of rotatable bonds is 10. The number of carbonyl (C=O) groups excluding carboxylic acids is 2. The first kappa shape index (κ1) is 31.1. The van der Waals surface area contributed by atoms with Crippen LogP contribution in [0.4, 0.5) is 9.59 Å². The summed E-state index contributed by atoms with van der Waals surface area (Å²) in [5.41, 5.74) is 2.11. The zero-order chi connectivity index (χ0) is 26.4. The number of unbranched alkanes of at least 4 members (excludes halogenated alkanes) is 2. The molecule has 0 aliphatic rings. The lowest BCUT2D eigenvalue weighted by atomic mass is 10.2. The third kappa shape index (κ3) is 16.6. The molecule has 2 rings (SSSR count). The zero-order valence-electron chi connectivity index (χ0n) is 21.1. The molecule has 0 aliphatic carbocycles. The van der Waals surface area contributed by atoms with Crippen LogP contribution >= 0.6 is 23.5 Å². The van der Waals surface area contributed by atoms with Crippen molar-refractivity contribution in [2.24, 2.45) is 0 Å². The normalized spacial score (nSPS) is 9.83. The molecule has 0 unspecified atom stereocenters. The van der Waals surface area contributed by atoms with E-state index in [0.29, 0.717) is 19.6 Å². The number of amides is 2. The molecule has 6 N–H and O–H groups in total. The van der Waals surface area contributed by atoms with E-state index < -0.39 is 0 Å². The molecule has 0 fully saturated rings. The molecule has 2 amide bonds. The van der Waals surface area contributed by atoms with Crippen LogP contribution in [0.25, 0.3) is 0 Å². The van der Waals surface area contributed by atoms with Gasteiger partial charge in [0.05, 0.1) is 0 Å². The standard InChI is InChI=1S/C16H17N3OS.C10H21N3OS/c17-15(18-11-13-7-3-1-4-8-13)21-16(20)19-12-14-9-5-2-6-10-14;1-3-5-7-12-9(11)15-10(14)13-8-6-4-2/h1-10H,11-12H2,(H2,17,18)(H,19,20);3-8H2,1-2H3,(H2,11,12)(H,13,14). The van der Waals surface area contributed by atoms with Crippen LogP contribution in [-0.4, -0.2) is 33.9 Å². The topological polar surface area (TPSA) is 130 Å². The monoisotopic (exact) mass is 530 g/mol. The van der Waals surface area contributed by atoms with Gasteiger partial charge in [0.1, 0.15) is 0 Å². The highest BCUT2D eigenvalue weighted by Gasteiger charge is 2.07. The Hall–Kier alpha value is -2.98. The minimum Gasteiger partial charge on any atom is -0.365 e.